The summed E-state index contributed by atoms with van der Waals surface area (Å²) in [7, 11) is 0. The average Bonchev–Trinajstić information content (AvgIpc) is 2.45. The molecular weight excluding hydrogens is 252 g/mol. The number of ether oxygens (including phenoxy) is 1. The molecule has 2 aromatic rings. The Balaban J connectivity index is 2.33. The van der Waals surface area contributed by atoms with Crippen LogP contribution in [-0.4, -0.2) is 11.6 Å². The van der Waals surface area contributed by atoms with Crippen molar-refractivity contribution in [2.24, 2.45) is 0 Å². The molecular formula is C17H16O3. The number of benzene rings is 2. The molecule has 3 nitrogen and oxygen atoms in total. The SMILES string of the molecule is CC(=O)c1cccc(C(C)=O)c1OCc1ccccc1. The molecule has 0 saturated carbocycles. The van der Waals surface area contributed by atoms with Gasteiger partial charge in [0.1, 0.15) is 12.4 Å². The van der Waals surface area contributed by atoms with Crippen LogP contribution in [0.5, 0.6) is 5.75 Å². The molecule has 20 heavy (non-hydrogen) atoms. The van der Waals surface area contributed by atoms with Gasteiger partial charge in [0, 0.05) is 0 Å². The fourth-order valence-corrected chi connectivity index (χ4v) is 1.98. The van der Waals surface area contributed by atoms with Gasteiger partial charge in [-0.05, 0) is 31.5 Å². The molecule has 0 aliphatic heterocycles. The maximum atomic E-state index is 11.7. The van der Waals surface area contributed by atoms with Crippen LogP contribution in [0.1, 0.15) is 40.1 Å². The lowest BCUT2D eigenvalue weighted by atomic mass is 10.0. The third-order valence-electron chi connectivity index (χ3n) is 3.00. The first-order valence-electron chi connectivity index (χ1n) is 6.41. The van der Waals surface area contributed by atoms with E-state index < -0.39 is 0 Å². The van der Waals surface area contributed by atoms with E-state index in [1.807, 2.05) is 30.3 Å². The number of para-hydroxylation sites is 1. The summed E-state index contributed by atoms with van der Waals surface area (Å²) in [6.45, 7) is 3.26. The molecule has 0 saturated heterocycles. The number of carbonyl (C=O) groups excluding carboxylic acids is 2. The Morgan fingerprint density at radius 1 is 0.850 bits per heavy atom. The summed E-state index contributed by atoms with van der Waals surface area (Å²) >= 11 is 0. The molecule has 0 bridgehead atoms. The lowest BCUT2D eigenvalue weighted by Crippen LogP contribution is -2.07. The Morgan fingerprint density at radius 3 is 1.90 bits per heavy atom. The van der Waals surface area contributed by atoms with E-state index in [2.05, 4.69) is 0 Å². The number of Topliss-reactive ketones (excluding diaryl/α,β-unsaturated/α-hetero) is 2. The first-order valence-corrected chi connectivity index (χ1v) is 6.41. The van der Waals surface area contributed by atoms with E-state index in [4.69, 9.17) is 4.74 Å². The number of hydrogen-bond donors (Lipinski definition) is 0. The van der Waals surface area contributed by atoms with Crippen molar-refractivity contribution in [2.75, 3.05) is 0 Å². The lowest BCUT2D eigenvalue weighted by molar-refractivity contribution is 0.101. The van der Waals surface area contributed by atoms with Crippen molar-refractivity contribution in [1.29, 1.82) is 0 Å². The molecule has 2 aromatic carbocycles. The molecule has 0 radical (unpaired) electrons. The van der Waals surface area contributed by atoms with Gasteiger partial charge in [-0.25, -0.2) is 0 Å². The zero-order valence-corrected chi connectivity index (χ0v) is 11.6. The van der Waals surface area contributed by atoms with Crippen LogP contribution in [0.4, 0.5) is 0 Å². The standard InChI is InChI=1S/C17H16O3/c1-12(18)15-9-6-10-16(13(2)19)17(15)20-11-14-7-4-3-5-8-14/h3-10H,11H2,1-2H3. The molecule has 0 spiro atoms. The lowest BCUT2D eigenvalue weighted by Gasteiger charge is -2.13. The second-order valence-corrected chi connectivity index (χ2v) is 4.57. The number of ketones is 2. The number of carbonyl (C=O) groups is 2. The van der Waals surface area contributed by atoms with E-state index in [1.54, 1.807) is 18.2 Å². The second-order valence-electron chi connectivity index (χ2n) is 4.57. The minimum Gasteiger partial charge on any atom is -0.487 e. The fourth-order valence-electron chi connectivity index (χ4n) is 1.98. The maximum Gasteiger partial charge on any atom is 0.163 e. The predicted octanol–water partition coefficient (Wildman–Crippen LogP) is 3.67. The van der Waals surface area contributed by atoms with Gasteiger partial charge in [0.15, 0.2) is 11.6 Å². The quantitative estimate of drug-likeness (QED) is 0.777. The van der Waals surface area contributed by atoms with Crippen LogP contribution in [0.15, 0.2) is 48.5 Å². The van der Waals surface area contributed by atoms with Crippen molar-refractivity contribution in [3.63, 3.8) is 0 Å². The van der Waals surface area contributed by atoms with Crippen molar-refractivity contribution >= 4 is 11.6 Å². The third kappa shape index (κ3) is 3.12. The van der Waals surface area contributed by atoms with Crippen molar-refractivity contribution < 1.29 is 14.3 Å². The first-order chi connectivity index (χ1) is 9.59. The molecule has 0 heterocycles. The Bertz CT molecular complexity index is 598. The molecule has 0 atom stereocenters. The van der Waals surface area contributed by atoms with Gasteiger partial charge in [-0.1, -0.05) is 36.4 Å². The van der Waals surface area contributed by atoms with Crippen molar-refractivity contribution in [1.82, 2.24) is 0 Å². The third-order valence-corrected chi connectivity index (χ3v) is 3.00. The molecule has 102 valence electrons. The molecule has 0 fully saturated rings. The number of rotatable bonds is 5. The highest BCUT2D eigenvalue weighted by Crippen LogP contribution is 2.26. The maximum absolute atomic E-state index is 11.7. The summed E-state index contributed by atoms with van der Waals surface area (Å²) in [6, 6.07) is 14.7. The molecule has 0 aliphatic rings. The Labute approximate surface area is 118 Å². The van der Waals surface area contributed by atoms with Crippen LogP contribution in [0.2, 0.25) is 0 Å². The predicted molar refractivity (Wildman–Crippen MR) is 77.2 cm³/mol. The van der Waals surface area contributed by atoms with Crippen LogP contribution in [0.3, 0.4) is 0 Å². The summed E-state index contributed by atoms with van der Waals surface area (Å²) < 4.78 is 5.74. The van der Waals surface area contributed by atoms with Crippen LogP contribution in [-0.2, 0) is 6.61 Å². The van der Waals surface area contributed by atoms with Crippen LogP contribution in [0, 0.1) is 0 Å². The summed E-state index contributed by atoms with van der Waals surface area (Å²) in [5.74, 6) is 0.142. The van der Waals surface area contributed by atoms with E-state index >= 15 is 0 Å². The second kappa shape index (κ2) is 6.15. The zero-order chi connectivity index (χ0) is 14.5. The highest BCUT2D eigenvalue weighted by atomic mass is 16.5. The van der Waals surface area contributed by atoms with E-state index in [0.717, 1.165) is 5.56 Å². The molecule has 2 rings (SSSR count). The van der Waals surface area contributed by atoms with Gasteiger partial charge >= 0.3 is 0 Å². The average molecular weight is 268 g/mol. The van der Waals surface area contributed by atoms with Crippen LogP contribution in [0.25, 0.3) is 0 Å². The summed E-state index contributed by atoms with van der Waals surface area (Å²) in [5.41, 5.74) is 1.86. The van der Waals surface area contributed by atoms with Crippen molar-refractivity contribution in [2.45, 2.75) is 20.5 Å². The topological polar surface area (TPSA) is 43.4 Å². The normalized spacial score (nSPS) is 10.1. The highest BCUT2D eigenvalue weighted by molar-refractivity contribution is 6.04. The summed E-state index contributed by atoms with van der Waals surface area (Å²) in [6.07, 6.45) is 0. The molecule has 0 aliphatic carbocycles. The van der Waals surface area contributed by atoms with Crippen LogP contribution < -0.4 is 4.74 Å². The van der Waals surface area contributed by atoms with E-state index in [0.29, 0.717) is 23.5 Å². The van der Waals surface area contributed by atoms with Gasteiger partial charge in [-0.15, -0.1) is 0 Å². The van der Waals surface area contributed by atoms with Crippen molar-refractivity contribution in [3.05, 3.63) is 65.2 Å². The number of hydrogen-bond acceptors (Lipinski definition) is 3. The highest BCUT2D eigenvalue weighted by Gasteiger charge is 2.16. The smallest absolute Gasteiger partial charge is 0.163 e. The van der Waals surface area contributed by atoms with E-state index in [1.165, 1.54) is 13.8 Å². The Hall–Kier alpha value is -2.42. The van der Waals surface area contributed by atoms with E-state index in [9.17, 15) is 9.59 Å². The van der Waals surface area contributed by atoms with Gasteiger partial charge in [0.05, 0.1) is 11.1 Å². The molecule has 3 heteroatoms. The van der Waals surface area contributed by atoms with Gasteiger partial charge in [-0.3, -0.25) is 9.59 Å². The zero-order valence-electron chi connectivity index (χ0n) is 11.6. The summed E-state index contributed by atoms with van der Waals surface area (Å²) in [5, 5.41) is 0. The van der Waals surface area contributed by atoms with Gasteiger partial charge in [0.2, 0.25) is 0 Å². The van der Waals surface area contributed by atoms with Crippen LogP contribution >= 0.6 is 0 Å². The first kappa shape index (κ1) is 14.0. The molecule has 0 aromatic heterocycles. The van der Waals surface area contributed by atoms with Gasteiger partial charge in [-0.2, -0.15) is 0 Å². The minimum absolute atomic E-state index is 0.115. The Kier molecular flexibility index (Phi) is 4.31. The summed E-state index contributed by atoms with van der Waals surface area (Å²) in [4.78, 5) is 23.3. The minimum atomic E-state index is -0.115. The molecule has 0 amide bonds. The Morgan fingerprint density at radius 2 is 1.40 bits per heavy atom. The van der Waals surface area contributed by atoms with Crippen molar-refractivity contribution in [3.8, 4) is 5.75 Å². The van der Waals surface area contributed by atoms with E-state index in [-0.39, 0.29) is 11.6 Å². The monoisotopic (exact) mass is 268 g/mol. The fraction of sp³-hybridized carbons (Fsp3) is 0.176. The molecule has 0 unspecified atom stereocenters. The largest absolute Gasteiger partial charge is 0.487 e. The molecule has 0 N–H and O–H groups in total. The van der Waals surface area contributed by atoms with Gasteiger partial charge < -0.3 is 4.74 Å². The van der Waals surface area contributed by atoms with Gasteiger partial charge in [0.25, 0.3) is 0 Å².